The second-order valence-electron chi connectivity index (χ2n) is 4.00. The number of benzene rings is 1. The van der Waals surface area contributed by atoms with Gasteiger partial charge in [-0.15, -0.1) is 0 Å². The lowest BCUT2D eigenvalue weighted by Crippen LogP contribution is -2.21. The van der Waals surface area contributed by atoms with E-state index in [1.165, 1.54) is 32.1 Å². The van der Waals surface area contributed by atoms with Crippen LogP contribution in [0.3, 0.4) is 0 Å². The lowest BCUT2D eigenvalue weighted by molar-refractivity contribution is 0.143. The summed E-state index contributed by atoms with van der Waals surface area (Å²) in [6.07, 6.45) is 6.77. The van der Waals surface area contributed by atoms with Gasteiger partial charge in [-0.25, -0.2) is 0 Å². The SMILES string of the molecule is B(Oc1ccccc1)OC1CCCCC1. The Bertz CT molecular complexity index is 270. The summed E-state index contributed by atoms with van der Waals surface area (Å²) >= 11 is 0. The zero-order chi connectivity index (χ0) is 10.3. The second kappa shape index (κ2) is 5.81. The number of para-hydroxylation sites is 1. The van der Waals surface area contributed by atoms with Gasteiger partial charge in [-0.05, 0) is 25.0 Å². The molecule has 0 unspecified atom stereocenters. The van der Waals surface area contributed by atoms with E-state index in [2.05, 4.69) is 0 Å². The highest BCUT2D eigenvalue weighted by Gasteiger charge is 2.14. The maximum atomic E-state index is 5.66. The van der Waals surface area contributed by atoms with Gasteiger partial charge in [0.1, 0.15) is 5.75 Å². The Balaban J connectivity index is 1.66. The van der Waals surface area contributed by atoms with E-state index in [1.54, 1.807) is 0 Å². The van der Waals surface area contributed by atoms with Crippen LogP contribution in [0.5, 0.6) is 5.75 Å². The van der Waals surface area contributed by atoms with Crippen molar-refractivity contribution in [1.29, 1.82) is 0 Å². The van der Waals surface area contributed by atoms with Crippen LogP contribution >= 0.6 is 0 Å². The summed E-state index contributed by atoms with van der Waals surface area (Å²) in [6, 6.07) is 9.81. The van der Waals surface area contributed by atoms with Crippen LogP contribution in [0.1, 0.15) is 32.1 Å². The monoisotopic (exact) mass is 204 g/mol. The van der Waals surface area contributed by atoms with Gasteiger partial charge in [0.15, 0.2) is 0 Å². The third-order valence-electron chi connectivity index (χ3n) is 2.82. The van der Waals surface area contributed by atoms with Crippen LogP contribution in [0.4, 0.5) is 0 Å². The fourth-order valence-electron chi connectivity index (χ4n) is 1.95. The molecule has 0 spiro atoms. The first-order valence-corrected chi connectivity index (χ1v) is 5.74. The van der Waals surface area contributed by atoms with Gasteiger partial charge in [-0.2, -0.15) is 0 Å². The van der Waals surface area contributed by atoms with Crippen molar-refractivity contribution in [1.82, 2.24) is 0 Å². The smallest absolute Gasteiger partial charge is 0.507 e. The molecular weight excluding hydrogens is 187 g/mol. The summed E-state index contributed by atoms with van der Waals surface area (Å²) in [5, 5.41) is 0. The Labute approximate surface area is 91.9 Å². The summed E-state index contributed by atoms with van der Waals surface area (Å²) in [5.74, 6) is 0.883. The van der Waals surface area contributed by atoms with Gasteiger partial charge in [-0.3, -0.25) is 0 Å². The van der Waals surface area contributed by atoms with Gasteiger partial charge in [0.05, 0.1) is 0 Å². The highest BCUT2D eigenvalue weighted by atomic mass is 16.6. The molecule has 1 fully saturated rings. The molecule has 0 bridgehead atoms. The summed E-state index contributed by atoms with van der Waals surface area (Å²) in [4.78, 5) is 0. The van der Waals surface area contributed by atoms with Crippen LogP contribution in [0.15, 0.2) is 30.3 Å². The molecule has 2 rings (SSSR count). The molecule has 0 N–H and O–H groups in total. The van der Waals surface area contributed by atoms with Gasteiger partial charge < -0.3 is 9.31 Å². The van der Waals surface area contributed by atoms with Crippen LogP contribution < -0.4 is 4.65 Å². The minimum Gasteiger partial charge on any atom is -0.539 e. The first-order chi connectivity index (χ1) is 7.45. The molecule has 0 radical (unpaired) electrons. The van der Waals surface area contributed by atoms with E-state index in [9.17, 15) is 0 Å². The largest absolute Gasteiger partial charge is 0.539 e. The molecule has 0 atom stereocenters. The molecule has 3 heteroatoms. The van der Waals surface area contributed by atoms with E-state index in [0.29, 0.717) is 13.8 Å². The topological polar surface area (TPSA) is 18.5 Å². The Kier molecular flexibility index (Phi) is 4.09. The van der Waals surface area contributed by atoms with E-state index < -0.39 is 0 Å². The van der Waals surface area contributed by atoms with Gasteiger partial charge in [-0.1, -0.05) is 37.5 Å². The first-order valence-electron chi connectivity index (χ1n) is 5.74. The van der Waals surface area contributed by atoms with E-state index >= 15 is 0 Å². The van der Waals surface area contributed by atoms with Crippen LogP contribution in [0.2, 0.25) is 0 Å². The standard InChI is InChI=1S/C12H17BO2/c1-3-7-11(8-4-1)14-13-15-12-9-5-2-6-10-12/h1,3-4,7-8,12-13H,2,5-6,9-10H2. The van der Waals surface area contributed by atoms with Crippen LogP contribution in [-0.4, -0.2) is 13.8 Å². The third-order valence-corrected chi connectivity index (χ3v) is 2.82. The van der Waals surface area contributed by atoms with E-state index in [4.69, 9.17) is 9.31 Å². The van der Waals surface area contributed by atoms with Crippen molar-refractivity contribution in [3.63, 3.8) is 0 Å². The third kappa shape index (κ3) is 3.59. The molecular formula is C12H17BO2. The van der Waals surface area contributed by atoms with Gasteiger partial charge in [0.2, 0.25) is 0 Å². The van der Waals surface area contributed by atoms with Crippen LogP contribution in [0.25, 0.3) is 0 Å². The average Bonchev–Trinajstić information content (AvgIpc) is 2.32. The van der Waals surface area contributed by atoms with Crippen molar-refractivity contribution in [2.75, 3.05) is 0 Å². The fourth-order valence-corrected chi connectivity index (χ4v) is 1.95. The molecule has 0 aromatic heterocycles. The van der Waals surface area contributed by atoms with E-state index in [1.807, 2.05) is 30.3 Å². The maximum absolute atomic E-state index is 5.66. The molecule has 15 heavy (non-hydrogen) atoms. The Hall–Kier alpha value is -0.955. The zero-order valence-corrected chi connectivity index (χ0v) is 9.02. The fraction of sp³-hybridized carbons (Fsp3) is 0.500. The number of hydrogen-bond donors (Lipinski definition) is 0. The molecule has 0 saturated heterocycles. The van der Waals surface area contributed by atoms with Crippen LogP contribution in [-0.2, 0) is 4.65 Å². The van der Waals surface area contributed by atoms with Crippen molar-refractivity contribution in [3.05, 3.63) is 30.3 Å². The average molecular weight is 204 g/mol. The molecule has 0 heterocycles. The molecule has 0 amide bonds. The normalized spacial score (nSPS) is 17.3. The highest BCUT2D eigenvalue weighted by Crippen LogP contribution is 2.20. The first kappa shape index (κ1) is 10.6. The molecule has 2 nitrogen and oxygen atoms in total. The highest BCUT2D eigenvalue weighted by molar-refractivity contribution is 6.19. The van der Waals surface area contributed by atoms with Crippen molar-refractivity contribution in [3.8, 4) is 5.75 Å². The van der Waals surface area contributed by atoms with Gasteiger partial charge in [0, 0.05) is 6.10 Å². The number of rotatable bonds is 4. The van der Waals surface area contributed by atoms with Gasteiger partial charge >= 0.3 is 7.69 Å². The quantitative estimate of drug-likeness (QED) is 0.702. The lowest BCUT2D eigenvalue weighted by Gasteiger charge is -2.21. The Morgan fingerprint density at radius 2 is 1.73 bits per heavy atom. The summed E-state index contributed by atoms with van der Waals surface area (Å²) in [5.41, 5.74) is 0. The van der Waals surface area contributed by atoms with Crippen molar-refractivity contribution in [2.24, 2.45) is 0 Å². The van der Waals surface area contributed by atoms with Crippen molar-refractivity contribution >= 4 is 7.69 Å². The molecule has 1 aliphatic carbocycles. The molecule has 1 aromatic rings. The number of hydrogen-bond acceptors (Lipinski definition) is 2. The van der Waals surface area contributed by atoms with Gasteiger partial charge in [0.25, 0.3) is 0 Å². The second-order valence-corrected chi connectivity index (χ2v) is 4.00. The minimum absolute atomic E-state index is 0.384. The molecule has 0 aliphatic heterocycles. The van der Waals surface area contributed by atoms with Crippen molar-refractivity contribution in [2.45, 2.75) is 38.2 Å². The maximum Gasteiger partial charge on any atom is 0.507 e. The minimum atomic E-state index is 0.384. The predicted molar refractivity (Wildman–Crippen MR) is 62.2 cm³/mol. The van der Waals surface area contributed by atoms with Crippen molar-refractivity contribution < 1.29 is 9.31 Å². The van der Waals surface area contributed by atoms with E-state index in [-0.39, 0.29) is 0 Å². The molecule has 80 valence electrons. The molecule has 1 aliphatic rings. The van der Waals surface area contributed by atoms with Crippen LogP contribution in [0, 0.1) is 0 Å². The Morgan fingerprint density at radius 1 is 1.00 bits per heavy atom. The summed E-state index contributed by atoms with van der Waals surface area (Å²) < 4.78 is 11.2. The molecule has 1 aromatic carbocycles. The summed E-state index contributed by atoms with van der Waals surface area (Å²) in [6.45, 7) is 0. The lowest BCUT2D eigenvalue weighted by atomic mass is 9.97. The predicted octanol–water partition coefficient (Wildman–Crippen LogP) is 2.68. The summed E-state index contributed by atoms with van der Waals surface area (Å²) in [7, 11) is 0.384. The zero-order valence-electron chi connectivity index (χ0n) is 9.02. The molecule has 1 saturated carbocycles. The van der Waals surface area contributed by atoms with E-state index in [0.717, 1.165) is 5.75 Å². The Morgan fingerprint density at radius 3 is 2.47 bits per heavy atom.